The van der Waals surface area contributed by atoms with E-state index in [1.807, 2.05) is 0 Å². The summed E-state index contributed by atoms with van der Waals surface area (Å²) < 4.78 is 64.5. The minimum absolute atomic E-state index is 0.215. The molecule has 1 atom stereocenters. The van der Waals surface area contributed by atoms with Gasteiger partial charge in [-0.25, -0.2) is 0 Å². The van der Waals surface area contributed by atoms with Gasteiger partial charge >= 0.3 is 12.1 Å². The minimum atomic E-state index is -4.59. The van der Waals surface area contributed by atoms with E-state index in [9.17, 15) is 31.8 Å². The van der Waals surface area contributed by atoms with E-state index in [1.54, 1.807) is 35.8 Å². The van der Waals surface area contributed by atoms with Crippen LogP contribution in [0.3, 0.4) is 0 Å². The van der Waals surface area contributed by atoms with Crippen molar-refractivity contribution in [3.8, 4) is 11.1 Å². The predicted octanol–water partition coefficient (Wildman–Crippen LogP) is 4.65. The molecule has 0 fully saturated rings. The number of carboxylic acid groups (broad SMARTS) is 1. The zero-order valence-corrected chi connectivity index (χ0v) is 17.5. The number of pyridine rings is 1. The number of nitrogens with zero attached hydrogens (tertiary/aromatic N) is 2. The molecule has 0 aliphatic carbocycles. The summed E-state index contributed by atoms with van der Waals surface area (Å²) in [6.07, 6.45) is -3.31. The highest BCUT2D eigenvalue weighted by molar-refractivity contribution is 7.78. The van der Waals surface area contributed by atoms with Crippen LogP contribution in [0.2, 0.25) is 0 Å². The summed E-state index contributed by atoms with van der Waals surface area (Å²) in [5, 5.41) is 10.2. The molecule has 0 amide bonds. The van der Waals surface area contributed by atoms with E-state index in [1.165, 1.54) is 18.3 Å². The molecule has 32 heavy (non-hydrogen) atoms. The summed E-state index contributed by atoms with van der Waals surface area (Å²) in [4.78, 5) is 15.4. The van der Waals surface area contributed by atoms with Crippen LogP contribution in [0.25, 0.3) is 32.9 Å². The van der Waals surface area contributed by atoms with Crippen LogP contribution in [0.5, 0.6) is 0 Å². The molecule has 0 saturated carbocycles. The van der Waals surface area contributed by atoms with Gasteiger partial charge in [0.15, 0.2) is 0 Å². The Morgan fingerprint density at radius 1 is 1.19 bits per heavy atom. The topological polar surface area (TPSA) is 95.2 Å². The fourth-order valence-corrected chi connectivity index (χ4v) is 4.51. The highest BCUT2D eigenvalue weighted by Gasteiger charge is 2.33. The minimum Gasteiger partial charge on any atom is -0.772 e. The predicted molar refractivity (Wildman–Crippen MR) is 113 cm³/mol. The third-order valence-electron chi connectivity index (χ3n) is 5.31. The van der Waals surface area contributed by atoms with E-state index in [0.29, 0.717) is 33.3 Å². The molecule has 166 valence electrons. The molecule has 0 aliphatic heterocycles. The first-order valence-corrected chi connectivity index (χ1v) is 10.7. The Hall–Kier alpha value is -3.24. The largest absolute Gasteiger partial charge is 0.772 e. The summed E-state index contributed by atoms with van der Waals surface area (Å²) >= 11 is -2.34. The summed E-state index contributed by atoms with van der Waals surface area (Å²) in [7, 11) is 0. The Balaban J connectivity index is 2.08. The zero-order valence-electron chi connectivity index (χ0n) is 16.6. The molecule has 6 nitrogen and oxygen atoms in total. The average molecular weight is 461 g/mol. The third kappa shape index (κ3) is 3.87. The summed E-state index contributed by atoms with van der Waals surface area (Å²) in [6.45, 7) is 1.33. The molecule has 0 aliphatic rings. The van der Waals surface area contributed by atoms with E-state index < -0.39 is 28.8 Å². The maximum atomic E-state index is 13.5. The van der Waals surface area contributed by atoms with E-state index in [-0.39, 0.29) is 23.2 Å². The summed E-state index contributed by atoms with van der Waals surface area (Å²) in [6, 6.07) is 10.2. The number of aliphatic carboxylic acids is 1. The van der Waals surface area contributed by atoms with Crippen molar-refractivity contribution >= 4 is 38.9 Å². The van der Waals surface area contributed by atoms with Gasteiger partial charge in [-0.05, 0) is 42.3 Å². The number of para-hydroxylation sites is 1. The number of aromatic nitrogens is 2. The Labute approximate surface area is 182 Å². The van der Waals surface area contributed by atoms with Crippen LogP contribution in [0.1, 0.15) is 16.8 Å². The number of hydrogen-bond acceptors (Lipinski definition) is 4. The lowest BCUT2D eigenvalue weighted by atomic mass is 9.96. The lowest BCUT2D eigenvalue weighted by molar-refractivity contribution is -0.138. The molecule has 2 heterocycles. The average Bonchev–Trinajstić information content (AvgIpc) is 2.96. The summed E-state index contributed by atoms with van der Waals surface area (Å²) in [5.74, 6) is -1.33. The number of halogens is 3. The van der Waals surface area contributed by atoms with Gasteiger partial charge in [-0.3, -0.25) is 14.0 Å². The van der Waals surface area contributed by atoms with Crippen LogP contribution in [-0.4, -0.2) is 29.4 Å². The fourth-order valence-electron chi connectivity index (χ4n) is 4.06. The van der Waals surface area contributed by atoms with Gasteiger partial charge in [0, 0.05) is 39.5 Å². The molecule has 1 N–H and O–H groups in total. The molecular formula is C22H16F3N2O4S-. The first-order chi connectivity index (χ1) is 15.1. The van der Waals surface area contributed by atoms with Crippen molar-refractivity contribution < 1.29 is 31.8 Å². The third-order valence-corrected chi connectivity index (χ3v) is 5.88. The molecule has 2 aromatic heterocycles. The molecule has 0 saturated heterocycles. The number of rotatable bonds is 5. The zero-order chi connectivity index (χ0) is 23.2. The molecule has 2 aromatic carbocycles. The van der Waals surface area contributed by atoms with Gasteiger partial charge in [0.1, 0.15) is 6.54 Å². The van der Waals surface area contributed by atoms with Crippen LogP contribution in [0.4, 0.5) is 13.2 Å². The normalized spacial score (nSPS) is 13.0. The standard InChI is InChI=1S/C22H17F3N2O4S/c1-12-20(14-7-8-26-21-15(14)3-2-4-17(21)22(23,24)25)16-9-13(11-32(30)31)5-6-18(16)27(12)10-19(28)29/h2-9H,10-11H2,1H3,(H,28,29)(H,30,31)/p-1. The highest BCUT2D eigenvalue weighted by Crippen LogP contribution is 2.41. The maximum Gasteiger partial charge on any atom is 0.418 e. The number of carbonyl (C=O) groups is 1. The van der Waals surface area contributed by atoms with E-state index in [0.717, 1.165) is 6.07 Å². The van der Waals surface area contributed by atoms with Gasteiger partial charge in [0.05, 0.1) is 11.1 Å². The van der Waals surface area contributed by atoms with Crippen molar-refractivity contribution in [2.75, 3.05) is 0 Å². The SMILES string of the molecule is Cc1c(-c2ccnc3c(C(F)(F)F)cccc23)c2cc(CS(=O)[O-])ccc2n1CC(=O)O. The van der Waals surface area contributed by atoms with Gasteiger partial charge < -0.3 is 14.2 Å². The van der Waals surface area contributed by atoms with Gasteiger partial charge in [-0.15, -0.1) is 0 Å². The van der Waals surface area contributed by atoms with Gasteiger partial charge in [-0.2, -0.15) is 13.2 Å². The fraction of sp³-hybridized carbons (Fsp3) is 0.182. The van der Waals surface area contributed by atoms with Crippen molar-refractivity contribution in [3.05, 3.63) is 65.5 Å². The second-order valence-electron chi connectivity index (χ2n) is 7.30. The lowest BCUT2D eigenvalue weighted by Crippen LogP contribution is -2.10. The maximum absolute atomic E-state index is 13.5. The van der Waals surface area contributed by atoms with Crippen molar-refractivity contribution in [2.24, 2.45) is 0 Å². The van der Waals surface area contributed by atoms with Gasteiger partial charge in [0.2, 0.25) is 0 Å². The lowest BCUT2D eigenvalue weighted by Gasteiger charge is -2.13. The van der Waals surface area contributed by atoms with Gasteiger partial charge in [0.25, 0.3) is 0 Å². The molecule has 0 bridgehead atoms. The molecule has 4 rings (SSSR count). The number of carboxylic acids is 1. The molecule has 1 unspecified atom stereocenters. The van der Waals surface area contributed by atoms with E-state index in [2.05, 4.69) is 4.98 Å². The number of hydrogen-bond donors (Lipinski definition) is 1. The Kier molecular flexibility index (Phi) is 5.51. The number of fused-ring (bicyclic) bond motifs is 2. The quantitative estimate of drug-likeness (QED) is 0.437. The molecule has 0 radical (unpaired) electrons. The summed E-state index contributed by atoms with van der Waals surface area (Å²) in [5.41, 5.74) is 1.46. The van der Waals surface area contributed by atoms with Crippen molar-refractivity contribution in [3.63, 3.8) is 0 Å². The van der Waals surface area contributed by atoms with Crippen LogP contribution < -0.4 is 0 Å². The number of benzene rings is 2. The second kappa shape index (κ2) is 8.03. The Morgan fingerprint density at radius 2 is 1.94 bits per heavy atom. The van der Waals surface area contributed by atoms with Crippen LogP contribution in [-0.2, 0) is 34.3 Å². The van der Waals surface area contributed by atoms with Crippen molar-refractivity contribution in [1.82, 2.24) is 9.55 Å². The smallest absolute Gasteiger partial charge is 0.418 e. The van der Waals surface area contributed by atoms with Crippen LogP contribution in [0.15, 0.2) is 48.7 Å². The molecular weight excluding hydrogens is 445 g/mol. The first kappa shape index (κ1) is 22.0. The monoisotopic (exact) mass is 461 g/mol. The van der Waals surface area contributed by atoms with E-state index >= 15 is 0 Å². The molecule has 0 spiro atoms. The number of alkyl halides is 3. The van der Waals surface area contributed by atoms with Crippen LogP contribution in [0, 0.1) is 6.92 Å². The second-order valence-corrected chi connectivity index (χ2v) is 8.19. The van der Waals surface area contributed by atoms with Crippen molar-refractivity contribution in [1.29, 1.82) is 0 Å². The Morgan fingerprint density at radius 3 is 2.59 bits per heavy atom. The van der Waals surface area contributed by atoms with Gasteiger partial charge in [-0.1, -0.05) is 29.3 Å². The molecule has 4 aromatic rings. The van der Waals surface area contributed by atoms with Crippen LogP contribution >= 0.6 is 0 Å². The first-order valence-electron chi connectivity index (χ1n) is 9.42. The van der Waals surface area contributed by atoms with Crippen molar-refractivity contribution in [2.45, 2.75) is 25.4 Å². The van der Waals surface area contributed by atoms with E-state index in [4.69, 9.17) is 0 Å². The Bertz CT molecular complexity index is 1400. The highest BCUT2D eigenvalue weighted by atomic mass is 32.2. The molecule has 10 heteroatoms.